The van der Waals surface area contributed by atoms with Gasteiger partial charge in [0.25, 0.3) is 5.56 Å². The van der Waals surface area contributed by atoms with E-state index in [1.807, 2.05) is 0 Å². The third-order valence-electron chi connectivity index (χ3n) is 4.04. The van der Waals surface area contributed by atoms with Crippen LogP contribution in [0.4, 0.5) is 5.95 Å². The lowest BCUT2D eigenvalue weighted by atomic mass is 10.2. The zero-order chi connectivity index (χ0) is 20.4. The largest absolute Gasteiger partial charge is 0.504 e. The predicted molar refractivity (Wildman–Crippen MR) is 103 cm³/mol. The summed E-state index contributed by atoms with van der Waals surface area (Å²) in [5.41, 5.74) is 2.48. The van der Waals surface area contributed by atoms with Gasteiger partial charge in [0.15, 0.2) is 22.7 Å². The van der Waals surface area contributed by atoms with Gasteiger partial charge in [-0.3, -0.25) is 14.3 Å². The van der Waals surface area contributed by atoms with E-state index in [9.17, 15) is 19.8 Å². The number of nitrogens with one attached hydrogen (secondary N) is 2. The Morgan fingerprint density at radius 3 is 2.86 bits per heavy atom. The summed E-state index contributed by atoms with van der Waals surface area (Å²) >= 11 is 0. The molecule has 0 amide bonds. The maximum atomic E-state index is 12.3. The molecule has 4 N–H and O–H groups in total. The molecule has 2 heterocycles. The van der Waals surface area contributed by atoms with Crippen LogP contribution in [0.1, 0.15) is 12.5 Å². The Balaban J connectivity index is 2.00. The summed E-state index contributed by atoms with van der Waals surface area (Å²) in [5, 5.41) is 23.5. The molecule has 0 saturated heterocycles. The number of benzene rings is 1. The van der Waals surface area contributed by atoms with Crippen molar-refractivity contribution < 1.29 is 14.9 Å². The zero-order valence-electron chi connectivity index (χ0n) is 15.5. The fraction of sp³-hybridized carbons (Fsp3) is 0.294. The molecule has 1 aromatic carbocycles. The number of hydrogen-bond donors (Lipinski definition) is 4. The molecule has 0 radical (unpaired) electrons. The second-order valence-corrected chi connectivity index (χ2v) is 6.19. The second-order valence-electron chi connectivity index (χ2n) is 6.19. The predicted octanol–water partition coefficient (Wildman–Crippen LogP) is -0.0357. The number of imidazole rings is 1. The van der Waals surface area contributed by atoms with Crippen LogP contribution in [-0.4, -0.2) is 48.7 Å². The standard InChI is InChI=1S/C17H20N6O5/c1-9(24)8-23-13-14(22(2)17(27)20-15(13)26)19-16(23)21-18-7-10-4-5-11(25)12(6-10)28-3/h4-7,9,24-25H,8H2,1-3H3,(H,19,21)(H,20,26,27)/b18-7-/t9-/m0/s1. The Labute approximate surface area is 158 Å². The second kappa shape index (κ2) is 7.56. The molecule has 0 bridgehead atoms. The summed E-state index contributed by atoms with van der Waals surface area (Å²) in [4.78, 5) is 30.5. The number of aromatic amines is 1. The van der Waals surface area contributed by atoms with Gasteiger partial charge in [-0.25, -0.2) is 10.2 Å². The molecule has 28 heavy (non-hydrogen) atoms. The molecular weight excluding hydrogens is 368 g/mol. The monoisotopic (exact) mass is 388 g/mol. The Morgan fingerprint density at radius 2 is 2.18 bits per heavy atom. The average molecular weight is 388 g/mol. The number of ether oxygens (including phenoxy) is 1. The van der Waals surface area contributed by atoms with Gasteiger partial charge in [-0.15, -0.1) is 0 Å². The fourth-order valence-corrected chi connectivity index (χ4v) is 2.70. The molecule has 0 unspecified atom stereocenters. The van der Waals surface area contributed by atoms with E-state index in [1.165, 1.54) is 35.6 Å². The van der Waals surface area contributed by atoms with Gasteiger partial charge in [0.2, 0.25) is 5.95 Å². The van der Waals surface area contributed by atoms with Crippen molar-refractivity contribution in [2.75, 3.05) is 12.5 Å². The summed E-state index contributed by atoms with van der Waals surface area (Å²) in [5.74, 6) is 0.489. The minimum absolute atomic E-state index is 0.00600. The number of phenolic OH excluding ortho intramolecular Hbond substituents is 1. The van der Waals surface area contributed by atoms with E-state index in [0.717, 1.165) is 0 Å². The highest BCUT2D eigenvalue weighted by molar-refractivity contribution is 5.81. The number of H-pyrrole nitrogens is 1. The smallest absolute Gasteiger partial charge is 0.329 e. The first-order valence-electron chi connectivity index (χ1n) is 8.35. The first kappa shape index (κ1) is 19.2. The summed E-state index contributed by atoms with van der Waals surface area (Å²) < 4.78 is 7.70. The third kappa shape index (κ3) is 3.60. The van der Waals surface area contributed by atoms with Crippen molar-refractivity contribution in [1.29, 1.82) is 0 Å². The molecule has 0 spiro atoms. The zero-order valence-corrected chi connectivity index (χ0v) is 15.5. The molecule has 0 aliphatic rings. The van der Waals surface area contributed by atoms with E-state index in [1.54, 1.807) is 19.1 Å². The Kier molecular flexibility index (Phi) is 5.18. The number of fused-ring (bicyclic) bond motifs is 1. The Morgan fingerprint density at radius 1 is 1.43 bits per heavy atom. The van der Waals surface area contributed by atoms with Crippen LogP contribution in [0.2, 0.25) is 0 Å². The molecule has 1 atom stereocenters. The van der Waals surface area contributed by atoms with Crippen LogP contribution in [0.5, 0.6) is 11.5 Å². The summed E-state index contributed by atoms with van der Waals surface area (Å²) in [6.45, 7) is 1.64. The molecule has 3 aromatic rings. The lowest BCUT2D eigenvalue weighted by molar-refractivity contribution is 0.175. The van der Waals surface area contributed by atoms with Crippen molar-refractivity contribution in [3.63, 3.8) is 0 Å². The normalized spacial score (nSPS) is 12.6. The van der Waals surface area contributed by atoms with Crippen LogP contribution in [0.3, 0.4) is 0 Å². The Bertz CT molecular complexity index is 1160. The van der Waals surface area contributed by atoms with E-state index >= 15 is 0 Å². The number of hydrazone groups is 1. The van der Waals surface area contributed by atoms with Crippen molar-refractivity contribution >= 4 is 23.3 Å². The summed E-state index contributed by atoms with van der Waals surface area (Å²) in [6, 6.07) is 4.70. The van der Waals surface area contributed by atoms with Crippen molar-refractivity contribution in [3.8, 4) is 11.5 Å². The maximum Gasteiger partial charge on any atom is 0.329 e. The number of nitrogens with zero attached hydrogens (tertiary/aromatic N) is 4. The number of phenols is 1. The van der Waals surface area contributed by atoms with Crippen molar-refractivity contribution in [2.24, 2.45) is 12.1 Å². The average Bonchev–Trinajstić information content (AvgIpc) is 2.99. The number of hydrogen-bond acceptors (Lipinski definition) is 8. The quantitative estimate of drug-likeness (QED) is 0.342. The van der Waals surface area contributed by atoms with Gasteiger partial charge in [-0.2, -0.15) is 10.1 Å². The van der Waals surface area contributed by atoms with Crippen molar-refractivity contribution in [2.45, 2.75) is 19.6 Å². The molecular formula is C17H20N6O5. The van der Waals surface area contributed by atoms with E-state index in [2.05, 4.69) is 20.5 Å². The first-order valence-corrected chi connectivity index (χ1v) is 8.35. The number of methoxy groups -OCH3 is 1. The van der Waals surface area contributed by atoms with E-state index in [0.29, 0.717) is 11.3 Å². The van der Waals surface area contributed by atoms with Crippen LogP contribution in [-0.2, 0) is 13.6 Å². The van der Waals surface area contributed by atoms with Crippen LogP contribution in [0.25, 0.3) is 11.2 Å². The third-order valence-corrected chi connectivity index (χ3v) is 4.04. The minimum Gasteiger partial charge on any atom is -0.504 e. The van der Waals surface area contributed by atoms with E-state index < -0.39 is 17.4 Å². The Hall–Kier alpha value is -3.60. The lowest BCUT2D eigenvalue weighted by Crippen LogP contribution is -2.29. The van der Waals surface area contributed by atoms with Gasteiger partial charge < -0.3 is 19.5 Å². The van der Waals surface area contributed by atoms with Crippen LogP contribution < -0.4 is 21.4 Å². The van der Waals surface area contributed by atoms with Crippen LogP contribution in [0, 0.1) is 0 Å². The molecule has 148 valence electrons. The van der Waals surface area contributed by atoms with Crippen molar-refractivity contribution in [1.82, 2.24) is 19.1 Å². The molecule has 2 aromatic heterocycles. The molecule has 0 aliphatic carbocycles. The number of aliphatic hydroxyl groups excluding tert-OH is 1. The van der Waals surface area contributed by atoms with E-state index in [-0.39, 0.29) is 29.4 Å². The lowest BCUT2D eigenvalue weighted by Gasteiger charge is -2.09. The number of aryl methyl sites for hydroxylation is 1. The molecule has 11 nitrogen and oxygen atoms in total. The van der Waals surface area contributed by atoms with E-state index in [4.69, 9.17) is 4.74 Å². The number of aliphatic hydroxyl groups is 1. The molecule has 0 aliphatic heterocycles. The van der Waals surface area contributed by atoms with Gasteiger partial charge >= 0.3 is 5.69 Å². The number of aromatic nitrogens is 4. The summed E-state index contributed by atoms with van der Waals surface area (Å²) in [6.07, 6.45) is 0.706. The number of rotatable bonds is 6. The highest BCUT2D eigenvalue weighted by atomic mass is 16.5. The van der Waals surface area contributed by atoms with Crippen LogP contribution >= 0.6 is 0 Å². The van der Waals surface area contributed by atoms with Gasteiger partial charge in [-0.05, 0) is 30.7 Å². The molecule has 0 fully saturated rings. The highest BCUT2D eigenvalue weighted by Crippen LogP contribution is 2.25. The van der Waals surface area contributed by atoms with Gasteiger partial charge in [-0.1, -0.05) is 0 Å². The molecule has 0 saturated carbocycles. The number of aromatic hydroxyl groups is 1. The van der Waals surface area contributed by atoms with Gasteiger partial charge in [0.1, 0.15) is 0 Å². The minimum atomic E-state index is -0.764. The highest BCUT2D eigenvalue weighted by Gasteiger charge is 2.18. The maximum absolute atomic E-state index is 12.3. The van der Waals surface area contributed by atoms with Gasteiger partial charge in [0, 0.05) is 7.05 Å². The van der Waals surface area contributed by atoms with Crippen LogP contribution in [0.15, 0.2) is 32.9 Å². The van der Waals surface area contributed by atoms with Gasteiger partial charge in [0.05, 0.1) is 26.0 Å². The topological polar surface area (TPSA) is 147 Å². The SMILES string of the molecule is COc1cc(/C=N\Nc2nc3c(c(=O)[nH]c(=O)n3C)n2C[C@H](C)O)ccc1O. The molecule has 3 rings (SSSR count). The number of anilines is 1. The summed E-state index contributed by atoms with van der Waals surface area (Å²) in [7, 11) is 2.92. The first-order chi connectivity index (χ1) is 13.3. The van der Waals surface area contributed by atoms with Crippen molar-refractivity contribution in [3.05, 3.63) is 44.6 Å². The molecule has 11 heteroatoms. The fourth-order valence-electron chi connectivity index (χ4n) is 2.70.